The van der Waals surface area contributed by atoms with Crippen molar-refractivity contribution in [3.05, 3.63) is 36.3 Å². The molecule has 0 unspecified atom stereocenters. The molecule has 0 bridgehead atoms. The van der Waals surface area contributed by atoms with E-state index in [1.54, 1.807) is 19.6 Å². The highest BCUT2D eigenvalue weighted by Crippen LogP contribution is 2.34. The van der Waals surface area contributed by atoms with Crippen molar-refractivity contribution >= 4 is 11.2 Å². The van der Waals surface area contributed by atoms with Gasteiger partial charge >= 0.3 is 0 Å². The van der Waals surface area contributed by atoms with Crippen molar-refractivity contribution in [3.63, 3.8) is 0 Å². The van der Waals surface area contributed by atoms with Crippen molar-refractivity contribution < 1.29 is 4.74 Å². The van der Waals surface area contributed by atoms with Crippen LogP contribution in [0.2, 0.25) is 0 Å². The van der Waals surface area contributed by atoms with Crippen LogP contribution in [0.3, 0.4) is 0 Å². The Hall–Kier alpha value is -2.32. The molecule has 0 aliphatic heterocycles. The summed E-state index contributed by atoms with van der Waals surface area (Å²) >= 11 is 0. The molecule has 0 amide bonds. The second kappa shape index (κ2) is 6.29. The van der Waals surface area contributed by atoms with Gasteiger partial charge in [-0.05, 0) is 25.0 Å². The Balaban J connectivity index is 1.64. The van der Waals surface area contributed by atoms with Gasteiger partial charge in [0.15, 0.2) is 11.5 Å². The molecule has 1 aliphatic carbocycles. The summed E-state index contributed by atoms with van der Waals surface area (Å²) in [5, 5.41) is 8.86. The predicted octanol–water partition coefficient (Wildman–Crippen LogP) is 0.922. The molecule has 126 valence electrons. The Bertz CT molecular complexity index is 834. The lowest BCUT2D eigenvalue weighted by Gasteiger charge is -2.31. The molecule has 24 heavy (non-hydrogen) atoms. The van der Waals surface area contributed by atoms with Crippen LogP contribution < -0.4 is 5.73 Å². The minimum atomic E-state index is 0.287. The van der Waals surface area contributed by atoms with E-state index in [1.165, 1.54) is 0 Å². The molecule has 0 saturated heterocycles. The molecule has 8 nitrogen and oxygen atoms in total. The van der Waals surface area contributed by atoms with Crippen LogP contribution in [0.1, 0.15) is 30.4 Å². The maximum Gasteiger partial charge on any atom is 0.177 e. The Morgan fingerprint density at radius 1 is 1.29 bits per heavy atom. The number of pyridine rings is 1. The number of nitrogens with two attached hydrogens (primary N) is 1. The first kappa shape index (κ1) is 15.2. The number of hydrogen-bond donors (Lipinski definition) is 1. The van der Waals surface area contributed by atoms with Crippen molar-refractivity contribution in [2.24, 2.45) is 5.73 Å². The smallest absolute Gasteiger partial charge is 0.177 e. The van der Waals surface area contributed by atoms with Crippen LogP contribution in [0.5, 0.6) is 0 Å². The van der Waals surface area contributed by atoms with Crippen molar-refractivity contribution in [2.45, 2.75) is 37.9 Å². The number of nitrogens with zero attached hydrogens (tertiary/aromatic N) is 6. The lowest BCUT2D eigenvalue weighted by Crippen LogP contribution is -2.36. The zero-order chi connectivity index (χ0) is 16.5. The van der Waals surface area contributed by atoms with Crippen LogP contribution in [0.15, 0.2) is 24.7 Å². The third-order valence-corrected chi connectivity index (χ3v) is 4.62. The highest BCUT2D eigenvalue weighted by atomic mass is 16.5. The van der Waals surface area contributed by atoms with E-state index >= 15 is 0 Å². The van der Waals surface area contributed by atoms with Gasteiger partial charge in [0.05, 0.1) is 25.0 Å². The molecule has 0 atom stereocenters. The molecule has 1 fully saturated rings. The van der Waals surface area contributed by atoms with Crippen molar-refractivity contribution in [2.75, 3.05) is 13.7 Å². The molecule has 0 spiro atoms. The van der Waals surface area contributed by atoms with E-state index < -0.39 is 0 Å². The summed E-state index contributed by atoms with van der Waals surface area (Å²) in [6.45, 7) is 1.98. The van der Waals surface area contributed by atoms with Crippen LogP contribution in [0.25, 0.3) is 11.2 Å². The van der Waals surface area contributed by atoms with Crippen LogP contribution >= 0.6 is 0 Å². The maximum absolute atomic E-state index is 5.93. The van der Waals surface area contributed by atoms with Crippen molar-refractivity contribution in [1.29, 1.82) is 0 Å². The first-order valence-electron chi connectivity index (χ1n) is 8.18. The Labute approximate surface area is 139 Å². The van der Waals surface area contributed by atoms with E-state index in [1.807, 2.05) is 16.7 Å². The number of hydrogen-bond acceptors (Lipinski definition) is 6. The molecule has 3 aromatic heterocycles. The molecule has 4 rings (SSSR count). The molecule has 1 aliphatic rings. The summed E-state index contributed by atoms with van der Waals surface area (Å²) in [5.41, 5.74) is 7.67. The average Bonchev–Trinajstić information content (AvgIpc) is 3.15. The summed E-state index contributed by atoms with van der Waals surface area (Å²) in [4.78, 5) is 8.61. The molecule has 0 radical (unpaired) electrons. The molecule has 3 heterocycles. The number of methoxy groups -OCH3 is 1. The van der Waals surface area contributed by atoms with Gasteiger partial charge in [-0.15, -0.1) is 10.2 Å². The van der Waals surface area contributed by atoms with Crippen LogP contribution in [-0.4, -0.2) is 49.1 Å². The fraction of sp³-hybridized carbons (Fsp3) is 0.500. The van der Waals surface area contributed by atoms with Gasteiger partial charge in [0, 0.05) is 31.8 Å². The number of aromatic nitrogens is 6. The Morgan fingerprint density at radius 2 is 2.17 bits per heavy atom. The highest BCUT2D eigenvalue weighted by molar-refractivity contribution is 5.70. The van der Waals surface area contributed by atoms with Gasteiger partial charge < -0.3 is 19.6 Å². The Kier molecular flexibility index (Phi) is 3.99. The van der Waals surface area contributed by atoms with E-state index in [2.05, 4.69) is 24.7 Å². The van der Waals surface area contributed by atoms with E-state index in [-0.39, 0.29) is 6.04 Å². The van der Waals surface area contributed by atoms with Crippen LogP contribution in [-0.2, 0) is 17.8 Å². The minimum absolute atomic E-state index is 0.287. The first-order chi connectivity index (χ1) is 11.8. The summed E-state index contributed by atoms with van der Waals surface area (Å²) < 4.78 is 9.47. The van der Waals surface area contributed by atoms with Crippen molar-refractivity contribution in [1.82, 2.24) is 29.3 Å². The topological polar surface area (TPSA) is 96.7 Å². The monoisotopic (exact) mass is 327 g/mol. The van der Waals surface area contributed by atoms with Crippen LogP contribution in [0, 0.1) is 0 Å². The standard InChI is InChI=1S/C16H21N7O/c1-24-6-5-23-14(20-21-16(23)11-7-12(17)8-11)9-22-10-19-15-13(22)3-2-4-18-15/h2-4,10-12H,5-9,17H2,1H3. The molecule has 2 N–H and O–H groups in total. The zero-order valence-corrected chi connectivity index (χ0v) is 13.7. The van der Waals surface area contributed by atoms with Gasteiger partial charge in [0.25, 0.3) is 0 Å². The number of rotatable bonds is 6. The van der Waals surface area contributed by atoms with Gasteiger partial charge in [-0.25, -0.2) is 9.97 Å². The minimum Gasteiger partial charge on any atom is -0.383 e. The van der Waals surface area contributed by atoms with E-state index in [0.29, 0.717) is 19.1 Å². The molecule has 1 saturated carbocycles. The summed E-state index contributed by atoms with van der Waals surface area (Å²) in [7, 11) is 1.71. The molecule has 3 aromatic rings. The van der Waals surface area contributed by atoms with Gasteiger partial charge in [-0.1, -0.05) is 0 Å². The Morgan fingerprint density at radius 3 is 2.96 bits per heavy atom. The molecular weight excluding hydrogens is 306 g/mol. The lowest BCUT2D eigenvalue weighted by atomic mass is 9.80. The highest BCUT2D eigenvalue weighted by Gasteiger charge is 2.32. The van der Waals surface area contributed by atoms with E-state index in [4.69, 9.17) is 10.5 Å². The average molecular weight is 327 g/mol. The molecular formula is C16H21N7O. The summed E-state index contributed by atoms with van der Waals surface area (Å²) in [6.07, 6.45) is 5.50. The van der Waals surface area contributed by atoms with Crippen molar-refractivity contribution in [3.8, 4) is 0 Å². The van der Waals surface area contributed by atoms with Gasteiger partial charge in [0.2, 0.25) is 0 Å². The molecule has 8 heteroatoms. The van der Waals surface area contributed by atoms with E-state index in [9.17, 15) is 0 Å². The second-order valence-corrected chi connectivity index (χ2v) is 6.27. The van der Waals surface area contributed by atoms with E-state index in [0.717, 1.165) is 42.2 Å². The van der Waals surface area contributed by atoms with Gasteiger partial charge in [-0.2, -0.15) is 0 Å². The number of ether oxygens (including phenoxy) is 1. The molecule has 0 aromatic carbocycles. The van der Waals surface area contributed by atoms with Gasteiger partial charge in [-0.3, -0.25) is 0 Å². The SMILES string of the molecule is COCCn1c(Cn2cnc3ncccc32)nnc1C1CC(N)C1. The fourth-order valence-corrected chi connectivity index (χ4v) is 3.24. The third kappa shape index (κ3) is 2.67. The summed E-state index contributed by atoms with van der Waals surface area (Å²) in [5.74, 6) is 2.33. The fourth-order valence-electron chi connectivity index (χ4n) is 3.24. The zero-order valence-electron chi connectivity index (χ0n) is 13.7. The summed E-state index contributed by atoms with van der Waals surface area (Å²) in [6, 6.07) is 4.21. The second-order valence-electron chi connectivity index (χ2n) is 6.27. The first-order valence-corrected chi connectivity index (χ1v) is 8.18. The number of fused-ring (bicyclic) bond motifs is 1. The lowest BCUT2D eigenvalue weighted by molar-refractivity contribution is 0.183. The maximum atomic E-state index is 5.93. The quantitative estimate of drug-likeness (QED) is 0.723. The number of imidazole rings is 1. The predicted molar refractivity (Wildman–Crippen MR) is 88.5 cm³/mol. The van der Waals surface area contributed by atoms with Crippen LogP contribution in [0.4, 0.5) is 0 Å². The normalized spacial score (nSPS) is 20.4. The van der Waals surface area contributed by atoms with Gasteiger partial charge in [0.1, 0.15) is 5.82 Å². The third-order valence-electron chi connectivity index (χ3n) is 4.62. The largest absolute Gasteiger partial charge is 0.383 e.